The summed E-state index contributed by atoms with van der Waals surface area (Å²) in [6.45, 7) is 2.91. The molecule has 22 heavy (non-hydrogen) atoms. The van der Waals surface area contributed by atoms with Crippen molar-refractivity contribution in [3.8, 4) is 0 Å². The highest BCUT2D eigenvalue weighted by Crippen LogP contribution is 2.42. The number of nitrogens with one attached hydrogen (secondary N) is 1. The molecule has 2 N–H and O–H groups in total. The van der Waals surface area contributed by atoms with Crippen LogP contribution in [0, 0.1) is 6.92 Å². The number of aromatic amines is 1. The molecule has 3 heterocycles. The second kappa shape index (κ2) is 5.11. The minimum absolute atomic E-state index is 0.0524. The molecule has 120 valence electrons. The Kier molecular flexibility index (Phi) is 3.50. The summed E-state index contributed by atoms with van der Waals surface area (Å²) >= 11 is 0. The lowest BCUT2D eigenvalue weighted by molar-refractivity contribution is -0.0621. The second-order valence-corrected chi connectivity index (χ2v) is 5.55. The summed E-state index contributed by atoms with van der Waals surface area (Å²) in [5.41, 5.74) is -2.18. The zero-order chi connectivity index (χ0) is 16.1. The van der Waals surface area contributed by atoms with Crippen LogP contribution in [-0.2, 0) is 9.47 Å². The van der Waals surface area contributed by atoms with Crippen LogP contribution in [-0.4, -0.2) is 56.2 Å². The van der Waals surface area contributed by atoms with E-state index >= 15 is 0 Å². The molecule has 8 nitrogen and oxygen atoms in total. The zero-order valence-corrected chi connectivity index (χ0v) is 12.4. The molecule has 0 amide bonds. The third-order valence-corrected chi connectivity index (χ3v) is 3.85. The minimum atomic E-state index is -2.07. The van der Waals surface area contributed by atoms with Crippen LogP contribution in [0.5, 0.6) is 0 Å². The Bertz CT molecular complexity index is 756. The molecule has 2 aromatic rings. The van der Waals surface area contributed by atoms with Crippen LogP contribution >= 0.6 is 0 Å². The number of hydrogen-bond donors (Lipinski definition) is 2. The Morgan fingerprint density at radius 2 is 2.36 bits per heavy atom. The van der Waals surface area contributed by atoms with Gasteiger partial charge in [-0.3, -0.25) is 9.36 Å². The number of nitrogens with zero attached hydrogens (tertiary/aromatic N) is 3. The predicted molar refractivity (Wildman–Crippen MR) is 74.2 cm³/mol. The van der Waals surface area contributed by atoms with Gasteiger partial charge in [-0.2, -0.15) is 0 Å². The first kappa shape index (κ1) is 15.1. The van der Waals surface area contributed by atoms with Gasteiger partial charge in [0.25, 0.3) is 5.56 Å². The number of rotatable bonds is 3. The highest BCUT2D eigenvalue weighted by atomic mass is 19.1. The largest absolute Gasteiger partial charge is 0.387 e. The van der Waals surface area contributed by atoms with Crippen LogP contribution in [0.2, 0.25) is 0 Å². The van der Waals surface area contributed by atoms with Crippen molar-refractivity contribution < 1.29 is 19.0 Å². The Morgan fingerprint density at radius 3 is 3.05 bits per heavy atom. The maximum Gasteiger partial charge on any atom is 0.279 e. The number of methoxy groups -OCH3 is 1. The molecule has 4 atom stereocenters. The van der Waals surface area contributed by atoms with Gasteiger partial charge >= 0.3 is 0 Å². The average molecular weight is 312 g/mol. The summed E-state index contributed by atoms with van der Waals surface area (Å²) in [5.74, 6) is 0.381. The van der Waals surface area contributed by atoms with Crippen molar-refractivity contribution in [2.45, 2.75) is 38.0 Å². The molecule has 9 heteroatoms. The monoisotopic (exact) mass is 312 g/mol. The lowest BCUT2D eigenvalue weighted by atomic mass is 9.98. The van der Waals surface area contributed by atoms with E-state index in [0.717, 1.165) is 0 Å². The first-order valence-corrected chi connectivity index (χ1v) is 6.81. The topological polar surface area (TPSA) is 102 Å². The van der Waals surface area contributed by atoms with E-state index in [2.05, 4.69) is 15.0 Å². The van der Waals surface area contributed by atoms with Crippen LogP contribution in [0.15, 0.2) is 11.1 Å². The van der Waals surface area contributed by atoms with Crippen molar-refractivity contribution in [3.63, 3.8) is 0 Å². The van der Waals surface area contributed by atoms with Crippen LogP contribution in [0.3, 0.4) is 0 Å². The number of aryl methyl sites for hydroxylation is 1. The van der Waals surface area contributed by atoms with Gasteiger partial charge in [-0.25, -0.2) is 14.4 Å². The van der Waals surface area contributed by atoms with Crippen molar-refractivity contribution >= 4 is 11.2 Å². The molecule has 0 unspecified atom stereocenters. The molecule has 0 bridgehead atoms. The van der Waals surface area contributed by atoms with Crippen molar-refractivity contribution in [1.82, 2.24) is 19.5 Å². The highest BCUT2D eigenvalue weighted by molar-refractivity contribution is 5.69. The van der Waals surface area contributed by atoms with Gasteiger partial charge in [-0.15, -0.1) is 0 Å². The average Bonchev–Trinajstić information content (AvgIpc) is 2.94. The van der Waals surface area contributed by atoms with Gasteiger partial charge in [0, 0.05) is 7.11 Å². The van der Waals surface area contributed by atoms with E-state index in [1.54, 1.807) is 6.92 Å². The number of fused-ring (bicyclic) bond motifs is 1. The third-order valence-electron chi connectivity index (χ3n) is 3.85. The van der Waals surface area contributed by atoms with Gasteiger partial charge in [-0.1, -0.05) is 0 Å². The molecule has 1 fully saturated rings. The minimum Gasteiger partial charge on any atom is -0.387 e. The smallest absolute Gasteiger partial charge is 0.279 e. The number of halogens is 1. The number of ether oxygens (including phenoxy) is 2. The first-order valence-electron chi connectivity index (χ1n) is 6.81. The summed E-state index contributed by atoms with van der Waals surface area (Å²) in [7, 11) is 1.44. The first-order chi connectivity index (χ1) is 10.4. The molecule has 0 aliphatic carbocycles. The standard InChI is InChI=1S/C13H17FN4O4/c1-6-16-10-8(11(20)17-6)15-5-18(10)12-13(2,14)9(19)7(22-12)4-21-3/h5,7,9,12,19H,4H2,1-3H3,(H,16,17,20)/t7-,9-,12-,13-/m1/s1. The molecule has 1 aliphatic rings. The van der Waals surface area contributed by atoms with Gasteiger partial charge < -0.3 is 19.6 Å². The van der Waals surface area contributed by atoms with E-state index < -0.39 is 29.7 Å². The van der Waals surface area contributed by atoms with Crippen molar-refractivity contribution in [2.24, 2.45) is 0 Å². The van der Waals surface area contributed by atoms with E-state index in [0.29, 0.717) is 5.82 Å². The Balaban J connectivity index is 2.09. The summed E-state index contributed by atoms with van der Waals surface area (Å²) in [6, 6.07) is 0. The molecule has 1 saturated heterocycles. The molecule has 3 rings (SSSR count). The van der Waals surface area contributed by atoms with Crippen molar-refractivity contribution in [2.75, 3.05) is 13.7 Å². The molecule has 0 saturated carbocycles. The van der Waals surface area contributed by atoms with Gasteiger partial charge in [-0.05, 0) is 13.8 Å². The van der Waals surface area contributed by atoms with E-state index in [1.807, 2.05) is 0 Å². The molecule has 0 spiro atoms. The molecular weight excluding hydrogens is 295 g/mol. The molecule has 0 radical (unpaired) electrons. The Labute approximate surface area is 124 Å². The number of hydrogen-bond acceptors (Lipinski definition) is 6. The summed E-state index contributed by atoms with van der Waals surface area (Å²) in [4.78, 5) is 22.5. The van der Waals surface area contributed by atoms with Crippen LogP contribution in [0.1, 0.15) is 19.0 Å². The van der Waals surface area contributed by atoms with Gasteiger partial charge in [0.2, 0.25) is 0 Å². The maximum absolute atomic E-state index is 14.9. The van der Waals surface area contributed by atoms with Gasteiger partial charge in [0.1, 0.15) is 18.0 Å². The van der Waals surface area contributed by atoms with Crippen molar-refractivity contribution in [3.05, 3.63) is 22.5 Å². The normalized spacial score (nSPS) is 32.0. The fourth-order valence-electron chi connectivity index (χ4n) is 2.72. The number of H-pyrrole nitrogens is 1. The predicted octanol–water partition coefficient (Wildman–Crippen LogP) is 0.0609. The summed E-state index contributed by atoms with van der Waals surface area (Å²) in [5, 5.41) is 10.1. The van der Waals surface area contributed by atoms with Gasteiger partial charge in [0.05, 0.1) is 12.9 Å². The van der Waals surface area contributed by atoms with E-state index in [1.165, 1.54) is 24.9 Å². The number of alkyl halides is 1. The van der Waals surface area contributed by atoms with E-state index in [-0.39, 0.29) is 17.8 Å². The quantitative estimate of drug-likeness (QED) is 0.831. The third kappa shape index (κ3) is 2.13. The van der Waals surface area contributed by atoms with Crippen LogP contribution in [0.4, 0.5) is 4.39 Å². The van der Waals surface area contributed by atoms with Crippen LogP contribution < -0.4 is 5.56 Å². The van der Waals surface area contributed by atoms with Crippen LogP contribution in [0.25, 0.3) is 11.2 Å². The summed E-state index contributed by atoms with van der Waals surface area (Å²) in [6.07, 6.45) is -2.04. The summed E-state index contributed by atoms with van der Waals surface area (Å²) < 4.78 is 26.8. The van der Waals surface area contributed by atoms with Crippen molar-refractivity contribution in [1.29, 1.82) is 0 Å². The SMILES string of the molecule is COC[C@H]1O[C@@H](n2cnc3c(=O)[nH]c(C)nc32)[C@](C)(F)[C@@H]1O. The van der Waals surface area contributed by atoms with E-state index in [4.69, 9.17) is 9.47 Å². The molecular formula is C13H17FN4O4. The van der Waals surface area contributed by atoms with E-state index in [9.17, 15) is 14.3 Å². The maximum atomic E-state index is 14.9. The Morgan fingerprint density at radius 1 is 1.64 bits per heavy atom. The Hall–Kier alpha value is -1.84. The molecule has 0 aromatic carbocycles. The number of imidazole rings is 1. The fourth-order valence-corrected chi connectivity index (χ4v) is 2.72. The lowest BCUT2D eigenvalue weighted by Gasteiger charge is -2.24. The zero-order valence-electron chi connectivity index (χ0n) is 12.4. The molecule has 2 aromatic heterocycles. The number of aromatic nitrogens is 4. The molecule has 1 aliphatic heterocycles. The second-order valence-electron chi connectivity index (χ2n) is 5.55. The fraction of sp³-hybridized carbons (Fsp3) is 0.615. The number of aliphatic hydroxyl groups excluding tert-OH is 1. The lowest BCUT2D eigenvalue weighted by Crippen LogP contribution is -2.40. The van der Waals surface area contributed by atoms with Gasteiger partial charge in [0.15, 0.2) is 23.1 Å². The number of aliphatic hydroxyl groups is 1. The highest BCUT2D eigenvalue weighted by Gasteiger charge is 2.55.